The molecule has 0 fully saturated rings. The number of halogens is 2. The fraction of sp³-hybridized carbons (Fsp3) is 0.133. The van der Waals surface area contributed by atoms with E-state index in [0.717, 1.165) is 10.2 Å². The Hall–Kier alpha value is -1.30. The van der Waals surface area contributed by atoms with E-state index in [4.69, 9.17) is 28.6 Å². The molecule has 0 saturated heterocycles. The zero-order valence-corrected chi connectivity index (χ0v) is 14.3. The van der Waals surface area contributed by atoms with E-state index in [9.17, 15) is 0 Å². The van der Waals surface area contributed by atoms with Crippen LogP contribution in [0.1, 0.15) is 0 Å². The highest BCUT2D eigenvalue weighted by Gasteiger charge is 2.00. The predicted octanol–water partition coefficient (Wildman–Crippen LogP) is 4.47. The molecule has 0 radical (unpaired) electrons. The van der Waals surface area contributed by atoms with E-state index in [0.29, 0.717) is 29.0 Å². The molecule has 0 amide bonds. The van der Waals surface area contributed by atoms with Gasteiger partial charge in [0.1, 0.15) is 12.4 Å². The van der Waals surface area contributed by atoms with Crippen LogP contribution in [-0.4, -0.2) is 18.3 Å². The number of anilines is 1. The molecule has 0 aliphatic carbocycles. The van der Waals surface area contributed by atoms with Gasteiger partial charge in [-0.2, -0.15) is 0 Å². The van der Waals surface area contributed by atoms with Gasteiger partial charge in [0, 0.05) is 10.2 Å². The minimum absolute atomic E-state index is 0.476. The number of ether oxygens (including phenoxy) is 1. The minimum atomic E-state index is 0.476. The van der Waals surface area contributed by atoms with E-state index in [1.165, 1.54) is 0 Å². The average Bonchev–Trinajstić information content (AvgIpc) is 2.45. The maximum atomic E-state index is 6.00. The van der Waals surface area contributed by atoms with Gasteiger partial charge in [-0.3, -0.25) is 0 Å². The Kier molecular flexibility index (Phi) is 6.29. The molecule has 0 aliphatic heterocycles. The monoisotopic (exact) mass is 384 g/mol. The molecule has 2 N–H and O–H groups in total. The van der Waals surface area contributed by atoms with E-state index >= 15 is 0 Å². The van der Waals surface area contributed by atoms with Crippen LogP contribution in [0, 0.1) is 0 Å². The second-order valence-corrected chi connectivity index (χ2v) is 5.90. The molecule has 0 heterocycles. The standard InChI is InChI=1S/C15H14BrClN2OS/c16-11-4-3-5-12(10-11)19-15(21)18-8-9-20-14-7-2-1-6-13(14)17/h1-7,10H,8-9H2,(H2,18,19,21). The molecule has 0 aromatic heterocycles. The van der Waals surface area contributed by atoms with Crippen molar-refractivity contribution in [3.63, 3.8) is 0 Å². The predicted molar refractivity (Wildman–Crippen MR) is 95.3 cm³/mol. The van der Waals surface area contributed by atoms with E-state index in [-0.39, 0.29) is 0 Å². The number of nitrogens with one attached hydrogen (secondary N) is 2. The van der Waals surface area contributed by atoms with Crippen LogP contribution >= 0.6 is 39.7 Å². The van der Waals surface area contributed by atoms with Crippen LogP contribution in [0.3, 0.4) is 0 Å². The van der Waals surface area contributed by atoms with Crippen LogP contribution in [0.4, 0.5) is 5.69 Å². The van der Waals surface area contributed by atoms with Crippen LogP contribution in [0.25, 0.3) is 0 Å². The van der Waals surface area contributed by atoms with Crippen molar-refractivity contribution in [3.8, 4) is 5.75 Å². The van der Waals surface area contributed by atoms with Gasteiger partial charge >= 0.3 is 0 Å². The number of hydrogen-bond donors (Lipinski definition) is 2. The molecule has 6 heteroatoms. The molecule has 2 aromatic carbocycles. The second kappa shape index (κ2) is 8.22. The van der Waals surface area contributed by atoms with Gasteiger partial charge in [-0.1, -0.05) is 45.7 Å². The Morgan fingerprint density at radius 2 is 2.00 bits per heavy atom. The summed E-state index contributed by atoms with van der Waals surface area (Å²) >= 11 is 14.6. The fourth-order valence-electron chi connectivity index (χ4n) is 1.63. The van der Waals surface area contributed by atoms with Crippen molar-refractivity contribution in [2.24, 2.45) is 0 Å². The molecule has 0 atom stereocenters. The van der Waals surface area contributed by atoms with Gasteiger partial charge in [0.25, 0.3) is 0 Å². The van der Waals surface area contributed by atoms with Crippen molar-refractivity contribution in [1.82, 2.24) is 5.32 Å². The number of thiocarbonyl (C=S) groups is 1. The van der Waals surface area contributed by atoms with Crippen molar-refractivity contribution in [2.45, 2.75) is 0 Å². The lowest BCUT2D eigenvalue weighted by Gasteiger charge is -2.12. The first-order valence-electron chi connectivity index (χ1n) is 6.33. The Morgan fingerprint density at radius 3 is 2.76 bits per heavy atom. The van der Waals surface area contributed by atoms with Gasteiger partial charge < -0.3 is 15.4 Å². The van der Waals surface area contributed by atoms with E-state index in [1.54, 1.807) is 6.07 Å². The molecule has 110 valence electrons. The maximum Gasteiger partial charge on any atom is 0.170 e. The van der Waals surface area contributed by atoms with Crippen LogP contribution in [0.15, 0.2) is 53.0 Å². The molecule has 2 rings (SSSR count). The summed E-state index contributed by atoms with van der Waals surface area (Å²) in [6, 6.07) is 15.2. The van der Waals surface area contributed by atoms with Crippen LogP contribution in [-0.2, 0) is 0 Å². The molecular weight excluding hydrogens is 372 g/mol. The minimum Gasteiger partial charge on any atom is -0.490 e. The highest BCUT2D eigenvalue weighted by atomic mass is 79.9. The first-order valence-corrected chi connectivity index (χ1v) is 7.91. The molecule has 0 spiro atoms. The highest BCUT2D eigenvalue weighted by Crippen LogP contribution is 2.22. The van der Waals surface area contributed by atoms with E-state index < -0.39 is 0 Å². The van der Waals surface area contributed by atoms with Crippen LogP contribution in [0.2, 0.25) is 5.02 Å². The van der Waals surface area contributed by atoms with E-state index in [1.807, 2.05) is 42.5 Å². The molecule has 21 heavy (non-hydrogen) atoms. The number of para-hydroxylation sites is 1. The third-order valence-corrected chi connectivity index (χ3v) is 3.62. The topological polar surface area (TPSA) is 33.3 Å². The first kappa shape index (κ1) is 16.1. The molecule has 3 nitrogen and oxygen atoms in total. The number of rotatable bonds is 5. The summed E-state index contributed by atoms with van der Waals surface area (Å²) in [5.41, 5.74) is 0.925. The zero-order chi connectivity index (χ0) is 15.1. The summed E-state index contributed by atoms with van der Waals surface area (Å²) in [6.45, 7) is 1.06. The molecule has 0 unspecified atom stereocenters. The van der Waals surface area contributed by atoms with Gasteiger partial charge in [0.15, 0.2) is 5.11 Å². The lowest BCUT2D eigenvalue weighted by Crippen LogP contribution is -2.31. The highest BCUT2D eigenvalue weighted by molar-refractivity contribution is 9.10. The van der Waals surface area contributed by atoms with Gasteiger partial charge in [0.2, 0.25) is 0 Å². The fourth-order valence-corrected chi connectivity index (χ4v) is 2.44. The van der Waals surface area contributed by atoms with Gasteiger partial charge in [-0.25, -0.2) is 0 Å². The summed E-state index contributed by atoms with van der Waals surface area (Å²) in [4.78, 5) is 0. The van der Waals surface area contributed by atoms with Gasteiger partial charge in [-0.05, 0) is 42.5 Å². The van der Waals surface area contributed by atoms with Gasteiger partial charge in [0.05, 0.1) is 11.6 Å². The average molecular weight is 386 g/mol. The summed E-state index contributed by atoms with van der Waals surface area (Å²) < 4.78 is 6.56. The van der Waals surface area contributed by atoms with E-state index in [2.05, 4.69) is 26.6 Å². The summed E-state index contributed by atoms with van der Waals surface area (Å²) in [6.07, 6.45) is 0. The molecule has 0 bridgehead atoms. The van der Waals surface area contributed by atoms with Gasteiger partial charge in [-0.15, -0.1) is 0 Å². The van der Waals surface area contributed by atoms with Crippen LogP contribution < -0.4 is 15.4 Å². The molecular formula is C15H14BrClN2OS. The third-order valence-electron chi connectivity index (χ3n) is 2.56. The number of benzene rings is 2. The Balaban J connectivity index is 1.71. The Labute approximate surface area is 142 Å². The van der Waals surface area contributed by atoms with Crippen molar-refractivity contribution in [1.29, 1.82) is 0 Å². The quantitative estimate of drug-likeness (QED) is 0.588. The summed E-state index contributed by atoms with van der Waals surface area (Å²) in [5, 5.41) is 7.33. The molecule has 0 aliphatic rings. The van der Waals surface area contributed by atoms with Crippen molar-refractivity contribution >= 4 is 50.5 Å². The Morgan fingerprint density at radius 1 is 1.19 bits per heavy atom. The van der Waals surface area contributed by atoms with Crippen molar-refractivity contribution in [3.05, 3.63) is 58.0 Å². The largest absolute Gasteiger partial charge is 0.490 e. The normalized spacial score (nSPS) is 10.0. The van der Waals surface area contributed by atoms with Crippen molar-refractivity contribution in [2.75, 3.05) is 18.5 Å². The maximum absolute atomic E-state index is 6.00. The lowest BCUT2D eigenvalue weighted by molar-refractivity contribution is 0.323. The zero-order valence-electron chi connectivity index (χ0n) is 11.1. The van der Waals surface area contributed by atoms with Crippen molar-refractivity contribution < 1.29 is 4.74 Å². The lowest BCUT2D eigenvalue weighted by atomic mass is 10.3. The summed E-state index contributed by atoms with van der Waals surface area (Å²) in [5.74, 6) is 0.673. The SMILES string of the molecule is S=C(NCCOc1ccccc1Cl)Nc1cccc(Br)c1. The number of hydrogen-bond acceptors (Lipinski definition) is 2. The Bertz CT molecular complexity index is 624. The first-order chi connectivity index (χ1) is 10.1. The molecule has 2 aromatic rings. The van der Waals surface area contributed by atoms with Crippen LogP contribution in [0.5, 0.6) is 5.75 Å². The molecule has 0 saturated carbocycles. The summed E-state index contributed by atoms with van der Waals surface area (Å²) in [7, 11) is 0. The second-order valence-electron chi connectivity index (χ2n) is 4.17. The third kappa shape index (κ3) is 5.53. The smallest absolute Gasteiger partial charge is 0.170 e.